The number of hydrogen-bond acceptors (Lipinski definition) is 9. The molecule has 2 aliphatic heterocycles. The predicted molar refractivity (Wildman–Crippen MR) is 188 cm³/mol. The number of likely N-dealkylation sites (tertiary alicyclic amines) is 1. The smallest absolute Gasteiger partial charge is 0.253 e. The van der Waals surface area contributed by atoms with Crippen LogP contribution >= 0.6 is 23.2 Å². The summed E-state index contributed by atoms with van der Waals surface area (Å²) in [5, 5.41) is 10.4. The number of ether oxygens (including phenoxy) is 2. The first kappa shape index (κ1) is 33.0. The number of benzene rings is 3. The van der Waals surface area contributed by atoms with Crippen LogP contribution in [-0.2, 0) is 19.2 Å². The number of hydrogen-bond donors (Lipinski definition) is 1. The van der Waals surface area contributed by atoms with E-state index < -0.39 is 51.1 Å². The third kappa shape index (κ3) is 4.60. The van der Waals surface area contributed by atoms with Crippen LogP contribution in [0.15, 0.2) is 82.8 Å². The highest BCUT2D eigenvalue weighted by atomic mass is 35.5. The van der Waals surface area contributed by atoms with Gasteiger partial charge in [-0.2, -0.15) is 0 Å². The lowest BCUT2D eigenvalue weighted by molar-refractivity contribution is -0.138. The molecule has 4 aliphatic rings. The summed E-state index contributed by atoms with van der Waals surface area (Å²) in [5.74, 6) is -4.71. The third-order valence-corrected chi connectivity index (χ3v) is 12.2. The molecular formula is C38H31Cl2N3O8. The van der Waals surface area contributed by atoms with E-state index in [4.69, 9.17) is 37.1 Å². The highest BCUT2D eigenvalue weighted by molar-refractivity contribution is 6.53. The van der Waals surface area contributed by atoms with Crippen LogP contribution in [0, 0.1) is 23.7 Å². The summed E-state index contributed by atoms with van der Waals surface area (Å²) in [6, 6.07) is 17.4. The van der Waals surface area contributed by atoms with Crippen molar-refractivity contribution >= 4 is 69.7 Å². The largest absolute Gasteiger partial charge is 0.502 e. The number of anilines is 1. The Morgan fingerprint density at radius 2 is 1.63 bits per heavy atom. The summed E-state index contributed by atoms with van der Waals surface area (Å²) in [6.45, 7) is 0. The molecule has 2 saturated heterocycles. The molecule has 1 saturated carbocycles. The fourth-order valence-electron chi connectivity index (χ4n) is 8.21. The van der Waals surface area contributed by atoms with Gasteiger partial charge in [0.15, 0.2) is 26.8 Å². The summed E-state index contributed by atoms with van der Waals surface area (Å²) in [6.07, 6.45) is 5.33. The van der Waals surface area contributed by atoms with E-state index in [1.807, 2.05) is 30.3 Å². The number of oxazole rings is 1. The number of phenols is 1. The minimum atomic E-state index is -1.91. The van der Waals surface area contributed by atoms with Gasteiger partial charge in [0.2, 0.25) is 23.5 Å². The average molecular weight is 729 g/mol. The minimum Gasteiger partial charge on any atom is -0.502 e. The number of aromatic nitrogens is 1. The molecule has 260 valence electrons. The highest BCUT2D eigenvalue weighted by Gasteiger charge is 2.75. The van der Waals surface area contributed by atoms with Crippen molar-refractivity contribution in [1.82, 2.24) is 9.88 Å². The van der Waals surface area contributed by atoms with Crippen LogP contribution in [0.3, 0.4) is 0 Å². The molecule has 51 heavy (non-hydrogen) atoms. The Labute approximate surface area is 302 Å². The molecule has 3 fully saturated rings. The van der Waals surface area contributed by atoms with Gasteiger partial charge in [-0.3, -0.25) is 29.0 Å². The van der Waals surface area contributed by atoms with Gasteiger partial charge in [0.25, 0.3) is 11.8 Å². The van der Waals surface area contributed by atoms with Crippen molar-refractivity contribution in [2.75, 3.05) is 26.2 Å². The minimum absolute atomic E-state index is 0.116. The number of phenolic OH excluding ortho intramolecular Hbond substituents is 1. The second kappa shape index (κ2) is 11.7. The van der Waals surface area contributed by atoms with Gasteiger partial charge in [-0.1, -0.05) is 35.9 Å². The number of carbonyl (C=O) groups excluding carboxylic acids is 4. The van der Waals surface area contributed by atoms with Crippen LogP contribution in [0.4, 0.5) is 5.69 Å². The van der Waals surface area contributed by atoms with Gasteiger partial charge < -0.3 is 19.0 Å². The van der Waals surface area contributed by atoms with Crippen molar-refractivity contribution in [2.45, 2.75) is 22.6 Å². The molecule has 4 amide bonds. The number of methoxy groups -OCH3 is 2. The molecule has 0 bridgehead atoms. The lowest BCUT2D eigenvalue weighted by Gasteiger charge is -2.49. The summed E-state index contributed by atoms with van der Waals surface area (Å²) in [5.41, 5.74) is 3.62. The number of rotatable bonds is 6. The van der Waals surface area contributed by atoms with Crippen LogP contribution in [0.25, 0.3) is 28.6 Å². The zero-order valence-electron chi connectivity index (χ0n) is 27.6. The fourth-order valence-corrected chi connectivity index (χ4v) is 9.19. The fraction of sp³-hybridized carbons (Fsp3) is 0.289. The first-order valence-corrected chi connectivity index (χ1v) is 17.1. The number of nitrogens with zero attached hydrogens (tertiary/aromatic N) is 3. The number of para-hydroxylation sites is 2. The number of alkyl halides is 2. The standard InChI is InChI=1S/C38H31Cl2N3O8/c1-42-35(47)37(39)18-24-22(25(38(37,40)36(42)48)15-8-19-16-28(49-2)31(44)29(17-19)50-3)13-14-23-30(24)34(46)43(33(23)45)21-11-9-20(10-12-21)32-41-26-6-4-5-7-27(26)51-32/h4-13,15-17,23-25,30,44H,14,18H2,1-3H3. The molecule has 6 atom stereocenters. The van der Waals surface area contributed by atoms with Crippen molar-refractivity contribution in [3.8, 4) is 28.7 Å². The molecule has 0 spiro atoms. The van der Waals surface area contributed by atoms with Crippen molar-refractivity contribution in [3.63, 3.8) is 0 Å². The number of halogens is 2. The maximum Gasteiger partial charge on any atom is 0.253 e. The van der Waals surface area contributed by atoms with Crippen LogP contribution in [0.2, 0.25) is 0 Å². The molecule has 13 heteroatoms. The SMILES string of the molecule is COc1cc(C=CC2C3=CCC4C(=O)N(c5ccc(-c6nc7ccccc7o6)cc5)C(=O)C4C3CC3(Cl)C(=O)N(C)C(=O)C23Cl)cc(OC)c1O. The number of amides is 4. The summed E-state index contributed by atoms with van der Waals surface area (Å²) < 4.78 is 16.5. The number of imide groups is 2. The maximum atomic E-state index is 14.4. The van der Waals surface area contributed by atoms with Gasteiger partial charge in [0.1, 0.15) is 5.52 Å². The van der Waals surface area contributed by atoms with Gasteiger partial charge in [0.05, 0.1) is 31.7 Å². The molecule has 2 aliphatic carbocycles. The Kier molecular flexibility index (Phi) is 7.59. The Morgan fingerprint density at radius 3 is 2.29 bits per heavy atom. The lowest BCUT2D eigenvalue weighted by Crippen LogP contribution is -2.60. The van der Waals surface area contributed by atoms with Gasteiger partial charge in [-0.25, -0.2) is 4.98 Å². The Morgan fingerprint density at radius 1 is 0.941 bits per heavy atom. The van der Waals surface area contributed by atoms with Crippen molar-refractivity contribution in [3.05, 3.63) is 84.0 Å². The normalized spacial score (nSPS) is 28.7. The van der Waals surface area contributed by atoms with E-state index in [9.17, 15) is 24.3 Å². The van der Waals surface area contributed by atoms with E-state index in [-0.39, 0.29) is 36.0 Å². The van der Waals surface area contributed by atoms with E-state index >= 15 is 0 Å². The van der Waals surface area contributed by atoms with Gasteiger partial charge in [-0.05, 0) is 72.9 Å². The molecule has 6 unspecified atom stereocenters. The van der Waals surface area contributed by atoms with Crippen LogP contribution in [0.1, 0.15) is 18.4 Å². The van der Waals surface area contributed by atoms with Crippen LogP contribution in [0.5, 0.6) is 17.2 Å². The molecule has 3 aromatic carbocycles. The second-order valence-corrected chi connectivity index (χ2v) is 14.5. The Balaban J connectivity index is 1.16. The molecule has 3 heterocycles. The van der Waals surface area contributed by atoms with Crippen LogP contribution in [-0.4, -0.2) is 69.6 Å². The maximum absolute atomic E-state index is 14.4. The van der Waals surface area contributed by atoms with Crippen molar-refractivity contribution in [1.29, 1.82) is 0 Å². The highest BCUT2D eigenvalue weighted by Crippen LogP contribution is 2.63. The topological polar surface area (TPSA) is 139 Å². The third-order valence-electron chi connectivity index (χ3n) is 10.7. The number of aromatic hydroxyl groups is 1. The molecule has 8 rings (SSSR count). The summed E-state index contributed by atoms with van der Waals surface area (Å²) in [7, 11) is 4.15. The average Bonchev–Trinajstić information content (AvgIpc) is 3.72. The van der Waals surface area contributed by atoms with E-state index in [1.165, 1.54) is 26.2 Å². The molecule has 1 aromatic heterocycles. The number of fused-ring (bicyclic) bond motifs is 5. The van der Waals surface area contributed by atoms with Crippen molar-refractivity contribution in [2.24, 2.45) is 23.7 Å². The second-order valence-electron chi connectivity index (χ2n) is 13.2. The van der Waals surface area contributed by atoms with E-state index in [2.05, 4.69) is 4.98 Å². The van der Waals surface area contributed by atoms with E-state index in [0.717, 1.165) is 4.90 Å². The van der Waals surface area contributed by atoms with Crippen molar-refractivity contribution < 1.29 is 38.2 Å². The molecule has 1 N–H and O–H groups in total. The van der Waals surface area contributed by atoms with Gasteiger partial charge in [-0.15, -0.1) is 23.2 Å². The quantitative estimate of drug-likeness (QED) is 0.145. The van der Waals surface area contributed by atoms with E-state index in [0.29, 0.717) is 39.4 Å². The molecule has 0 radical (unpaired) electrons. The number of allylic oxidation sites excluding steroid dienone is 3. The molecule has 4 aromatic rings. The summed E-state index contributed by atoms with van der Waals surface area (Å²) >= 11 is 14.5. The van der Waals surface area contributed by atoms with Crippen LogP contribution < -0.4 is 14.4 Å². The predicted octanol–water partition coefficient (Wildman–Crippen LogP) is 5.96. The molecular weight excluding hydrogens is 697 g/mol. The van der Waals surface area contributed by atoms with E-state index in [1.54, 1.807) is 48.6 Å². The monoisotopic (exact) mass is 727 g/mol. The van der Waals surface area contributed by atoms with Gasteiger partial charge in [0, 0.05) is 18.5 Å². The lowest BCUT2D eigenvalue weighted by atomic mass is 9.57. The first-order valence-electron chi connectivity index (χ1n) is 16.3. The Hall–Kier alpha value is -5.13. The zero-order chi connectivity index (χ0) is 36.0. The number of carbonyl (C=O) groups is 4. The Bertz CT molecular complexity index is 2170. The van der Waals surface area contributed by atoms with Gasteiger partial charge >= 0.3 is 0 Å². The zero-order valence-corrected chi connectivity index (χ0v) is 29.1. The first-order chi connectivity index (χ1) is 24.4. The molecule has 11 nitrogen and oxygen atoms in total. The summed E-state index contributed by atoms with van der Waals surface area (Å²) in [4.78, 5) is 58.7.